The maximum atomic E-state index is 5.37. The van der Waals surface area contributed by atoms with Gasteiger partial charge in [-0.15, -0.1) is 0 Å². The van der Waals surface area contributed by atoms with Crippen molar-refractivity contribution in [2.24, 2.45) is 0 Å². The van der Waals surface area contributed by atoms with Crippen LogP contribution in [-0.2, 0) is 4.74 Å². The molecule has 2 aliphatic heterocycles. The number of ether oxygens (including phenoxy) is 1. The molecule has 0 bridgehead atoms. The number of anilines is 2. The van der Waals surface area contributed by atoms with Gasteiger partial charge in [0.25, 0.3) is 0 Å². The first kappa shape index (κ1) is 12.6. The number of aryl methyl sites for hydroxylation is 1. The molecule has 0 aliphatic carbocycles. The van der Waals surface area contributed by atoms with Crippen molar-refractivity contribution in [1.82, 2.24) is 15.3 Å². The predicted molar refractivity (Wildman–Crippen MR) is 74.5 cm³/mol. The van der Waals surface area contributed by atoms with E-state index in [2.05, 4.69) is 25.9 Å². The molecule has 2 aliphatic rings. The maximum Gasteiger partial charge on any atom is 0.132 e. The molecule has 19 heavy (non-hydrogen) atoms. The molecular weight excluding hydrogens is 242 g/mol. The summed E-state index contributed by atoms with van der Waals surface area (Å²) in [6, 6.07) is 2.95. The number of rotatable bonds is 4. The first-order valence-electron chi connectivity index (χ1n) is 6.97. The summed E-state index contributed by atoms with van der Waals surface area (Å²) < 4.78 is 5.37. The monoisotopic (exact) mass is 263 g/mol. The van der Waals surface area contributed by atoms with E-state index >= 15 is 0 Å². The molecule has 2 fully saturated rings. The van der Waals surface area contributed by atoms with Gasteiger partial charge in [-0.25, -0.2) is 9.97 Å². The Hall–Kier alpha value is -1.40. The average molecular weight is 263 g/mol. The number of hydrogen-bond acceptors (Lipinski definition) is 6. The van der Waals surface area contributed by atoms with E-state index < -0.39 is 0 Å². The van der Waals surface area contributed by atoms with Crippen LogP contribution < -0.4 is 16.0 Å². The van der Waals surface area contributed by atoms with Gasteiger partial charge in [0.1, 0.15) is 17.5 Å². The second-order valence-corrected chi connectivity index (χ2v) is 5.22. The molecule has 0 amide bonds. The Bertz CT molecular complexity index is 429. The summed E-state index contributed by atoms with van der Waals surface area (Å²) in [5.41, 5.74) is 0. The molecule has 6 heteroatoms. The summed E-state index contributed by atoms with van der Waals surface area (Å²) in [6.45, 7) is 5.61. The van der Waals surface area contributed by atoms with Gasteiger partial charge in [-0.2, -0.15) is 0 Å². The molecule has 3 rings (SSSR count). The lowest BCUT2D eigenvalue weighted by Crippen LogP contribution is -2.51. The summed E-state index contributed by atoms with van der Waals surface area (Å²) in [6.07, 6.45) is 2.08. The van der Waals surface area contributed by atoms with Crippen LogP contribution in [0.1, 0.15) is 18.7 Å². The molecule has 0 spiro atoms. The molecule has 0 unspecified atom stereocenters. The zero-order valence-corrected chi connectivity index (χ0v) is 11.3. The summed E-state index contributed by atoms with van der Waals surface area (Å²) in [5, 5.41) is 10.1. The van der Waals surface area contributed by atoms with Crippen molar-refractivity contribution in [3.05, 3.63) is 11.9 Å². The number of aromatic nitrogens is 2. The van der Waals surface area contributed by atoms with Crippen LogP contribution in [0.15, 0.2) is 6.07 Å². The van der Waals surface area contributed by atoms with Crippen molar-refractivity contribution in [2.45, 2.75) is 31.8 Å². The third kappa shape index (κ3) is 3.33. The molecule has 3 heterocycles. The van der Waals surface area contributed by atoms with E-state index in [0.29, 0.717) is 12.1 Å². The second kappa shape index (κ2) is 5.71. The molecule has 3 N–H and O–H groups in total. The third-order valence-electron chi connectivity index (χ3n) is 3.54. The van der Waals surface area contributed by atoms with Gasteiger partial charge in [0.05, 0.1) is 6.04 Å². The SMILES string of the molecule is Cc1nc(NC2CCOCC2)cc(NC2CNC2)n1. The Balaban J connectivity index is 1.65. The van der Waals surface area contributed by atoms with Crippen LogP contribution in [0.2, 0.25) is 0 Å². The van der Waals surface area contributed by atoms with Crippen molar-refractivity contribution in [1.29, 1.82) is 0 Å². The molecule has 1 aromatic rings. The molecule has 6 nitrogen and oxygen atoms in total. The van der Waals surface area contributed by atoms with Crippen molar-refractivity contribution < 1.29 is 4.74 Å². The molecule has 0 atom stereocenters. The summed E-state index contributed by atoms with van der Waals surface area (Å²) >= 11 is 0. The molecule has 2 saturated heterocycles. The fourth-order valence-electron chi connectivity index (χ4n) is 2.37. The van der Waals surface area contributed by atoms with Crippen LogP contribution in [0, 0.1) is 6.92 Å². The highest BCUT2D eigenvalue weighted by Gasteiger charge is 2.18. The van der Waals surface area contributed by atoms with Crippen molar-refractivity contribution in [2.75, 3.05) is 36.9 Å². The summed E-state index contributed by atoms with van der Waals surface area (Å²) in [4.78, 5) is 8.89. The lowest BCUT2D eigenvalue weighted by Gasteiger charge is -2.29. The van der Waals surface area contributed by atoms with E-state index in [9.17, 15) is 0 Å². The van der Waals surface area contributed by atoms with Gasteiger partial charge in [-0.3, -0.25) is 0 Å². The minimum absolute atomic E-state index is 0.460. The maximum absolute atomic E-state index is 5.37. The standard InChI is InChI=1S/C13H21N5O/c1-9-15-12(17-10-2-4-19-5-3-10)6-13(16-9)18-11-7-14-8-11/h6,10-11,14H,2-5,7-8H2,1H3,(H2,15,16,17,18). The Morgan fingerprint density at radius 3 is 2.32 bits per heavy atom. The molecule has 0 aromatic carbocycles. The summed E-state index contributed by atoms with van der Waals surface area (Å²) in [7, 11) is 0. The van der Waals surface area contributed by atoms with E-state index in [1.165, 1.54) is 0 Å². The lowest BCUT2D eigenvalue weighted by atomic mass is 10.1. The molecule has 1 aromatic heterocycles. The van der Waals surface area contributed by atoms with Gasteiger partial charge in [0, 0.05) is 38.4 Å². The van der Waals surface area contributed by atoms with Crippen molar-refractivity contribution in [3.8, 4) is 0 Å². The highest BCUT2D eigenvalue weighted by molar-refractivity contribution is 5.49. The minimum atomic E-state index is 0.460. The Labute approximate surface area is 113 Å². The van der Waals surface area contributed by atoms with Crippen molar-refractivity contribution >= 4 is 11.6 Å². The largest absolute Gasteiger partial charge is 0.381 e. The first-order chi connectivity index (χ1) is 9.29. The smallest absolute Gasteiger partial charge is 0.132 e. The van der Waals surface area contributed by atoms with Gasteiger partial charge in [-0.1, -0.05) is 0 Å². The summed E-state index contributed by atoms with van der Waals surface area (Å²) in [5.74, 6) is 2.62. The van der Waals surface area contributed by atoms with E-state index in [1.54, 1.807) is 0 Å². The van der Waals surface area contributed by atoms with E-state index in [1.807, 2.05) is 13.0 Å². The van der Waals surface area contributed by atoms with Gasteiger partial charge in [0.2, 0.25) is 0 Å². The molecular formula is C13H21N5O. The predicted octanol–water partition coefficient (Wildman–Crippen LogP) is 0.760. The number of nitrogens with one attached hydrogen (secondary N) is 3. The zero-order valence-electron chi connectivity index (χ0n) is 11.3. The fraction of sp³-hybridized carbons (Fsp3) is 0.692. The topological polar surface area (TPSA) is 71.1 Å². The van der Waals surface area contributed by atoms with Gasteiger partial charge < -0.3 is 20.7 Å². The third-order valence-corrected chi connectivity index (χ3v) is 3.54. The van der Waals surface area contributed by atoms with Gasteiger partial charge in [-0.05, 0) is 19.8 Å². The normalized spacial score (nSPS) is 20.9. The van der Waals surface area contributed by atoms with E-state index in [4.69, 9.17) is 4.74 Å². The highest BCUT2D eigenvalue weighted by atomic mass is 16.5. The Morgan fingerprint density at radius 1 is 1.11 bits per heavy atom. The molecule has 104 valence electrons. The van der Waals surface area contributed by atoms with Gasteiger partial charge in [0.15, 0.2) is 0 Å². The van der Waals surface area contributed by atoms with Crippen LogP contribution in [-0.4, -0.2) is 48.4 Å². The minimum Gasteiger partial charge on any atom is -0.381 e. The van der Waals surface area contributed by atoms with Crippen LogP contribution in [0.5, 0.6) is 0 Å². The van der Waals surface area contributed by atoms with E-state index in [0.717, 1.165) is 56.6 Å². The lowest BCUT2D eigenvalue weighted by molar-refractivity contribution is 0.0904. The van der Waals surface area contributed by atoms with Crippen molar-refractivity contribution in [3.63, 3.8) is 0 Å². The zero-order chi connectivity index (χ0) is 13.1. The van der Waals surface area contributed by atoms with Crippen LogP contribution >= 0.6 is 0 Å². The van der Waals surface area contributed by atoms with Gasteiger partial charge >= 0.3 is 0 Å². The first-order valence-corrected chi connectivity index (χ1v) is 6.97. The fourth-order valence-corrected chi connectivity index (χ4v) is 2.37. The second-order valence-electron chi connectivity index (χ2n) is 5.22. The van der Waals surface area contributed by atoms with Crippen LogP contribution in [0.3, 0.4) is 0 Å². The number of hydrogen-bond donors (Lipinski definition) is 3. The number of nitrogens with zero attached hydrogens (tertiary/aromatic N) is 2. The highest BCUT2D eigenvalue weighted by Crippen LogP contribution is 2.17. The average Bonchev–Trinajstić information content (AvgIpc) is 2.34. The Kier molecular flexibility index (Phi) is 3.79. The Morgan fingerprint density at radius 2 is 1.74 bits per heavy atom. The molecule has 0 saturated carbocycles. The van der Waals surface area contributed by atoms with E-state index in [-0.39, 0.29) is 0 Å². The van der Waals surface area contributed by atoms with Crippen LogP contribution in [0.4, 0.5) is 11.6 Å². The quantitative estimate of drug-likeness (QED) is 0.745. The van der Waals surface area contributed by atoms with Crippen LogP contribution in [0.25, 0.3) is 0 Å². The molecule has 0 radical (unpaired) electrons.